The van der Waals surface area contributed by atoms with Crippen molar-refractivity contribution in [1.82, 2.24) is 0 Å². The van der Waals surface area contributed by atoms with Crippen LogP contribution >= 0.6 is 17.2 Å². The number of hydrogen-bond donors (Lipinski definition) is 0. The van der Waals surface area contributed by atoms with E-state index in [1.54, 1.807) is 0 Å². The molecule has 0 fully saturated rings. The molecule has 0 saturated carbocycles. The average molecular weight is 617 g/mol. The van der Waals surface area contributed by atoms with Gasteiger partial charge in [0.1, 0.15) is 0 Å². The van der Waals surface area contributed by atoms with Crippen molar-refractivity contribution in [3.63, 3.8) is 0 Å². The van der Waals surface area contributed by atoms with E-state index in [2.05, 4.69) is 88.4 Å². The zero-order valence-electron chi connectivity index (χ0n) is 18.0. The summed E-state index contributed by atoms with van der Waals surface area (Å²) in [6.07, 6.45) is 12.6. The number of hydrogen-bond acceptors (Lipinski definition) is 0. The summed E-state index contributed by atoms with van der Waals surface area (Å²) in [7, 11) is 15.8. The van der Waals surface area contributed by atoms with Crippen LogP contribution in [-0.2, 0) is 24.5 Å². The quantitative estimate of drug-likeness (QED) is 0.332. The van der Waals surface area contributed by atoms with Crippen molar-refractivity contribution < 1.29 is 19.1 Å². The van der Waals surface area contributed by atoms with Crippen molar-refractivity contribution in [2.45, 2.75) is 39.5 Å². The topological polar surface area (TPSA) is 0 Å². The van der Waals surface area contributed by atoms with Crippen LogP contribution in [0.1, 0.15) is 39.7 Å². The molecule has 4 heteroatoms. The van der Waals surface area contributed by atoms with Crippen LogP contribution in [0.3, 0.4) is 0 Å². The summed E-state index contributed by atoms with van der Waals surface area (Å²) in [5.74, 6) is 0.410. The van der Waals surface area contributed by atoms with Crippen molar-refractivity contribution in [2.75, 3.05) is 0 Å². The Morgan fingerprint density at radius 2 is 1.73 bits per heavy atom. The van der Waals surface area contributed by atoms with Crippen molar-refractivity contribution in [1.29, 1.82) is 0 Å². The Balaban J connectivity index is 2.20. The van der Waals surface area contributed by atoms with Gasteiger partial charge in [0.25, 0.3) is 0 Å². The molecule has 0 aliphatic heterocycles. The Kier molecular flexibility index (Phi) is 6.43. The summed E-state index contributed by atoms with van der Waals surface area (Å²) < 4.78 is 1.28. The van der Waals surface area contributed by atoms with E-state index in [0.717, 1.165) is 6.42 Å². The van der Waals surface area contributed by atoms with E-state index in [-0.39, 0.29) is 5.41 Å². The molecule has 0 amide bonds. The molecule has 1 aromatic rings. The minimum absolute atomic E-state index is 0.332. The first-order valence-corrected chi connectivity index (χ1v) is 21.9. The van der Waals surface area contributed by atoms with Crippen molar-refractivity contribution in [3.05, 3.63) is 103 Å². The first-order valence-electron chi connectivity index (χ1n) is 10.5. The van der Waals surface area contributed by atoms with Crippen LogP contribution in [0.15, 0.2) is 97.5 Å². The van der Waals surface area contributed by atoms with Gasteiger partial charge in [0.2, 0.25) is 0 Å². The second-order valence-corrected chi connectivity index (χ2v) is 20.5. The molecule has 0 heterocycles. The predicted molar refractivity (Wildman–Crippen MR) is 132 cm³/mol. The van der Waals surface area contributed by atoms with Gasteiger partial charge in [0.15, 0.2) is 0 Å². The van der Waals surface area contributed by atoms with Crippen molar-refractivity contribution in [2.24, 2.45) is 5.92 Å². The molecule has 3 aliphatic carbocycles. The Labute approximate surface area is 198 Å². The monoisotopic (exact) mass is 617 g/mol. The summed E-state index contributed by atoms with van der Waals surface area (Å²) >= 11 is -2.94. The molecule has 153 valence electrons. The molecule has 4 rings (SSSR count). The normalized spacial score (nSPS) is 25.9. The van der Waals surface area contributed by atoms with E-state index in [9.17, 15) is 0 Å². The molecule has 2 unspecified atom stereocenters. The van der Waals surface area contributed by atoms with Gasteiger partial charge in [-0.25, -0.2) is 0 Å². The van der Waals surface area contributed by atoms with Crippen LogP contribution in [-0.4, -0.2) is 15.0 Å². The van der Waals surface area contributed by atoms with Crippen LogP contribution in [0.2, 0.25) is 0 Å². The van der Waals surface area contributed by atoms with Crippen LogP contribution in [0.4, 0.5) is 0 Å². The maximum absolute atomic E-state index is 6.89. The first kappa shape index (κ1) is 22.4. The molecule has 0 nitrogen and oxygen atoms in total. The summed E-state index contributed by atoms with van der Waals surface area (Å²) in [5, 5.41) is 1.37. The number of benzene rings is 1. The Hall–Kier alpha value is -0.803. The molecule has 0 bridgehead atoms. The Bertz CT molecular complexity index is 1100. The Morgan fingerprint density at radius 3 is 2.37 bits per heavy atom. The van der Waals surface area contributed by atoms with Crippen LogP contribution in [0.25, 0.3) is 0 Å². The average Bonchev–Trinajstić information content (AvgIpc) is 3.17. The van der Waals surface area contributed by atoms with Gasteiger partial charge in [-0.1, -0.05) is 0 Å². The number of fused-ring (bicyclic) bond motifs is 1. The molecule has 30 heavy (non-hydrogen) atoms. The molecule has 2 atom stereocenters. The zero-order chi connectivity index (χ0) is 21.6. The third-order valence-electron chi connectivity index (χ3n) is 6.89. The van der Waals surface area contributed by atoms with E-state index < -0.39 is 19.1 Å². The standard InChI is InChI=1S/C26H27Si.2ClH.Hf/c1-5-20-15-14-17(2)25(20)26(21-10-7-6-8-11-21)23-16-18(3)19(4)22(23)12-9-13-24(26)27;;;/h6-15,20H,5,27H2,1-4H3;2*1H;/q;;;+2/p-2. The van der Waals surface area contributed by atoms with Gasteiger partial charge < -0.3 is 0 Å². The number of allylic oxidation sites excluding steroid dienone is 12. The van der Waals surface area contributed by atoms with Gasteiger partial charge in [0.05, 0.1) is 0 Å². The van der Waals surface area contributed by atoms with Crippen molar-refractivity contribution in [3.8, 4) is 0 Å². The van der Waals surface area contributed by atoms with E-state index >= 15 is 0 Å². The van der Waals surface area contributed by atoms with E-state index in [4.69, 9.17) is 17.2 Å². The summed E-state index contributed by atoms with van der Waals surface area (Å²) in [6, 6.07) is 11.0. The fourth-order valence-electron chi connectivity index (χ4n) is 5.41. The van der Waals surface area contributed by atoms with Gasteiger partial charge >= 0.3 is 200 Å². The molecular formula is C26H27Cl2HfSi. The molecule has 0 saturated heterocycles. The molecule has 0 spiro atoms. The fraction of sp³-hybridized carbons (Fsp3) is 0.269. The molecule has 3 aliphatic rings. The molecular weight excluding hydrogens is 590 g/mol. The predicted octanol–water partition coefficient (Wildman–Crippen LogP) is 6.67. The SMILES string of the molecule is CCC1C=CC(C)=C1C1(c2ccccc2)C(=[SiH2])C=CC=C2C(C)=C(C)[C]([Hf]([Cl])[Cl])=C21. The maximum atomic E-state index is 6.89. The first-order chi connectivity index (χ1) is 14.4. The van der Waals surface area contributed by atoms with Gasteiger partial charge in [-0.2, -0.15) is 0 Å². The third-order valence-corrected chi connectivity index (χ3v) is 14.4. The summed E-state index contributed by atoms with van der Waals surface area (Å²) in [6.45, 7) is 9.00. The molecule has 0 N–H and O–H groups in total. The van der Waals surface area contributed by atoms with E-state index in [1.165, 1.54) is 47.5 Å². The fourth-order valence-corrected chi connectivity index (χ4v) is 13.5. The van der Waals surface area contributed by atoms with Gasteiger partial charge in [0, 0.05) is 0 Å². The molecule has 0 aromatic heterocycles. The van der Waals surface area contributed by atoms with Crippen LogP contribution in [0.5, 0.6) is 0 Å². The van der Waals surface area contributed by atoms with E-state index in [0.29, 0.717) is 5.92 Å². The Morgan fingerprint density at radius 1 is 1.03 bits per heavy atom. The summed E-state index contributed by atoms with van der Waals surface area (Å²) in [4.78, 5) is 0. The third kappa shape index (κ3) is 3.21. The van der Waals surface area contributed by atoms with Crippen LogP contribution < -0.4 is 0 Å². The number of halogens is 2. The van der Waals surface area contributed by atoms with Crippen LogP contribution in [0, 0.1) is 5.92 Å². The second-order valence-electron chi connectivity index (χ2n) is 8.31. The molecule has 1 aromatic carbocycles. The number of rotatable bonds is 4. The second kappa shape index (κ2) is 8.62. The van der Waals surface area contributed by atoms with Gasteiger partial charge in [-0.15, -0.1) is 0 Å². The summed E-state index contributed by atoms with van der Waals surface area (Å²) in [5.41, 5.74) is 9.15. The minimum atomic E-state index is -2.94. The van der Waals surface area contributed by atoms with Gasteiger partial charge in [-0.05, 0) is 0 Å². The van der Waals surface area contributed by atoms with E-state index in [1.807, 2.05) is 9.85 Å². The molecule has 0 radical (unpaired) electrons. The zero-order valence-corrected chi connectivity index (χ0v) is 24.5. The van der Waals surface area contributed by atoms with Gasteiger partial charge in [-0.3, -0.25) is 0 Å². The van der Waals surface area contributed by atoms with Crippen molar-refractivity contribution >= 4 is 32.2 Å².